The third-order valence-corrected chi connectivity index (χ3v) is 24.6. The molecule has 3 saturated heterocycles. The highest BCUT2D eigenvalue weighted by Crippen LogP contribution is 2.27. The van der Waals surface area contributed by atoms with Crippen molar-refractivity contribution in [3.63, 3.8) is 0 Å². The fourth-order valence-corrected chi connectivity index (χ4v) is 16.9. The largest absolute Gasteiger partial charge is 0.508 e. The molecular formula is C88H120N22O22S. The number of aliphatic hydroxyl groups is 2. The van der Waals surface area contributed by atoms with E-state index in [2.05, 4.69) is 78.4 Å². The number of imidazole rings is 1. The summed E-state index contributed by atoms with van der Waals surface area (Å²) in [6.45, 7) is 2.27. The van der Waals surface area contributed by atoms with Crippen LogP contribution in [0.3, 0.4) is 0 Å². The van der Waals surface area contributed by atoms with Crippen LogP contribution in [0.4, 0.5) is 0 Å². The van der Waals surface area contributed by atoms with Gasteiger partial charge in [-0.3, -0.25) is 86.3 Å². The second-order valence-electron chi connectivity index (χ2n) is 33.3. The number of carboxylic acids is 1. The van der Waals surface area contributed by atoms with Gasteiger partial charge >= 0.3 is 5.97 Å². The molecule has 24 N–H and O–H groups in total. The van der Waals surface area contributed by atoms with E-state index in [-0.39, 0.29) is 95.9 Å². The Hall–Kier alpha value is -13.6. The van der Waals surface area contributed by atoms with Crippen LogP contribution in [-0.2, 0) is 112 Å². The zero-order valence-corrected chi connectivity index (χ0v) is 75.4. The molecule has 0 spiro atoms. The van der Waals surface area contributed by atoms with E-state index in [1.54, 1.807) is 74.8 Å². The molecule has 9 rings (SSSR count). The van der Waals surface area contributed by atoms with Crippen LogP contribution in [0, 0.1) is 0 Å². The fourth-order valence-electron chi connectivity index (χ4n) is 16.1. The number of carboxylic acid groups (broad SMARTS) is 1. The Bertz CT molecular complexity index is 5150. The number of fused-ring (bicyclic) bond motifs is 4. The molecule has 3 aromatic carbocycles. The molecule has 15 atom stereocenters. The molecule has 6 heterocycles. The van der Waals surface area contributed by atoms with E-state index in [0.29, 0.717) is 68.8 Å². The van der Waals surface area contributed by atoms with Crippen LogP contribution in [0.1, 0.15) is 133 Å². The third-order valence-electron chi connectivity index (χ3n) is 23.5. The van der Waals surface area contributed by atoms with Gasteiger partial charge in [-0.25, -0.2) is 4.98 Å². The molecule has 44 nitrogen and oxygen atoms in total. The summed E-state index contributed by atoms with van der Waals surface area (Å²) >= 11 is 0.702. The van der Waals surface area contributed by atoms with Gasteiger partial charge in [-0.1, -0.05) is 88.1 Å². The second-order valence-corrected chi connectivity index (χ2v) is 34.4. The monoisotopic (exact) mass is 1870 g/mol. The number of thioether (sulfide) groups is 1. The summed E-state index contributed by atoms with van der Waals surface area (Å²) in [5, 5.41) is 72.5. The first-order valence-corrected chi connectivity index (χ1v) is 45.3. The highest BCUT2D eigenvalue weighted by Gasteiger charge is 2.46. The molecule has 6 aromatic rings. The fraction of sp³-hybridized carbons (Fsp3) is 0.511. The van der Waals surface area contributed by atoms with Gasteiger partial charge in [-0.05, 0) is 99.4 Å². The van der Waals surface area contributed by atoms with Crippen LogP contribution in [0.25, 0.3) is 21.8 Å². The minimum absolute atomic E-state index is 0.0309. The van der Waals surface area contributed by atoms with Crippen LogP contribution in [0.5, 0.6) is 5.75 Å². The molecule has 0 radical (unpaired) electrons. The topological polar surface area (TPSA) is 672 Å². The molecule has 3 fully saturated rings. The van der Waals surface area contributed by atoms with Crippen LogP contribution >= 0.6 is 11.8 Å². The van der Waals surface area contributed by atoms with Crippen molar-refractivity contribution in [1.82, 2.24) is 98.0 Å². The Morgan fingerprint density at radius 3 is 1.65 bits per heavy atom. The standard InChI is InChI=1S/C88H120N22O22S/c1-6-8-18-59-85(129)108(5)68(22-9-7-2)82(126)98-58(28-29-74(117)118)77(121)106-67(76(120)95-41-72(91)115)44-133-45-73(116)97-64(32-48-24-26-52(112)27-25-48)86(130)107(4)47(3)75(119)104-65(37-71(90)114)88(132)109-31-15-23-69(109)83(127)103-63(35-51-40-92-46-96-51)80(124)100-60(21-14-30-89)87(131)110-42-53(113)36-70(110)84(128)102-62(34-50-39-94-57-20-13-11-17-55(50)57)79(123)105-66(43-111)81(125)101-61(78(122)99-59)33-49-38-93-56-19-12-10-16-54(49)56/h10-13,16-17,19-20,24-27,38-40,46-47,53,58-70,93-94,111-113H,6-9,14-15,18,21-23,28-37,41-45,89H2,1-5H3,(H2,90,114)(H2,91,115)(H,92,96)(H,95,120)(H,97,116)(H,98,126)(H,99,122)(H,100,124)(H,101,125)(H,102,128)(H,103,127)(H,104,119)(H,105,123)(H,106,121)(H,117,118)/t47-,53+,58-,59+,60-,61-,62-,63-,64-,65+,66-,67-,68-,69-,70-/m0/s1. The number of amides is 17. The highest BCUT2D eigenvalue weighted by atomic mass is 32.2. The summed E-state index contributed by atoms with van der Waals surface area (Å²) in [5.41, 5.74) is 19.9. The Morgan fingerprint density at radius 1 is 0.541 bits per heavy atom. The quantitative estimate of drug-likeness (QED) is 0.0246. The van der Waals surface area contributed by atoms with Gasteiger partial charge in [-0.15, -0.1) is 11.8 Å². The Balaban J connectivity index is 1.09. The normalized spacial score (nSPS) is 24.9. The number of aliphatic carboxylic acids is 1. The predicted molar refractivity (Wildman–Crippen MR) is 482 cm³/mol. The Morgan fingerprint density at radius 2 is 1.07 bits per heavy atom. The number of carbonyl (C=O) groups excluding carboxylic acids is 17. The number of phenols is 1. The second kappa shape index (κ2) is 49.6. The molecule has 3 aromatic heterocycles. The number of hydrogen-bond donors (Lipinski definition) is 21. The molecular weight excluding hydrogens is 1750 g/mol. The number of aromatic hydroxyl groups is 1. The minimum Gasteiger partial charge on any atom is -0.508 e. The number of aromatic amines is 3. The van der Waals surface area contributed by atoms with Gasteiger partial charge in [0.1, 0.15) is 90.3 Å². The first-order chi connectivity index (χ1) is 63.5. The van der Waals surface area contributed by atoms with E-state index in [0.717, 1.165) is 19.6 Å². The SMILES string of the molecule is CCCC[C@H]1NC(=O)[C@H](Cc2c[nH]c3ccccc23)NC(=O)[C@H](CO)NC(=O)[C@H](Cc2c[nH]c3ccccc23)NC(=O)[C@@H]2C[C@@H](O)CN2C(=O)[C@H](CCCN)NC(=O)[C@H](Cc2cnc[nH]2)NC(=O)[C@@H]2CCCN2C(=O)[C@@H](CC(N)=O)NC(=O)[C@H](C)N(C)C(=O)[C@H](Cc2ccc(O)cc2)NC(=O)CSC[C@@H](C(=O)NCC(N)=O)NC(=O)[C@H](CCC(=O)O)NC(=O)[C@H](CCCC)N(C)C1=O. The Kier molecular flexibility index (Phi) is 38.5. The number of phenolic OH excluding ortho intramolecular Hbond substituents is 1. The lowest BCUT2D eigenvalue weighted by Gasteiger charge is -2.33. The van der Waals surface area contributed by atoms with Crippen LogP contribution in [0.2, 0.25) is 0 Å². The number of aliphatic hydroxyl groups excluding tert-OH is 2. The maximum absolute atomic E-state index is 15.3. The van der Waals surface area contributed by atoms with Gasteiger partial charge in [0.05, 0.1) is 37.8 Å². The number of nitrogens with zero attached hydrogens (tertiary/aromatic N) is 5. The number of benzene rings is 3. The number of likely N-dealkylation sites (N-methyl/N-ethyl adjacent to an activating group) is 2. The molecule has 0 unspecified atom stereocenters. The average Bonchev–Trinajstić information content (AvgIpc) is 1.69. The van der Waals surface area contributed by atoms with Crippen molar-refractivity contribution in [2.75, 3.05) is 58.4 Å². The first-order valence-electron chi connectivity index (χ1n) is 44.2. The van der Waals surface area contributed by atoms with Crippen LogP contribution in [-0.4, -0.2) is 315 Å². The lowest BCUT2D eigenvalue weighted by atomic mass is 10.0. The van der Waals surface area contributed by atoms with E-state index in [4.69, 9.17) is 17.2 Å². The van der Waals surface area contributed by atoms with Crippen molar-refractivity contribution < 1.29 is 107 Å². The number of nitrogens with two attached hydrogens (primary N) is 3. The van der Waals surface area contributed by atoms with Crippen molar-refractivity contribution in [3.8, 4) is 5.75 Å². The number of H-pyrrole nitrogens is 3. The lowest BCUT2D eigenvalue weighted by Crippen LogP contribution is -2.61. The summed E-state index contributed by atoms with van der Waals surface area (Å²) in [7, 11) is 2.46. The zero-order valence-electron chi connectivity index (χ0n) is 74.6. The molecule has 720 valence electrons. The molecule has 3 aliphatic rings. The molecule has 0 saturated carbocycles. The molecule has 17 amide bonds. The van der Waals surface area contributed by atoms with E-state index in [1.165, 1.54) is 57.8 Å². The number of unbranched alkanes of at least 4 members (excludes halogenated alkanes) is 2. The van der Waals surface area contributed by atoms with Gasteiger partial charge in [0, 0.05) is 118 Å². The summed E-state index contributed by atoms with van der Waals surface area (Å²) < 4.78 is 0. The minimum atomic E-state index is -1.92. The maximum atomic E-state index is 15.3. The highest BCUT2D eigenvalue weighted by molar-refractivity contribution is 8.00. The number of aromatic nitrogens is 4. The predicted octanol–water partition coefficient (Wildman–Crippen LogP) is -3.98. The van der Waals surface area contributed by atoms with Crippen molar-refractivity contribution in [2.45, 2.75) is 227 Å². The van der Waals surface area contributed by atoms with Crippen molar-refractivity contribution in [3.05, 3.63) is 120 Å². The van der Waals surface area contributed by atoms with Crippen molar-refractivity contribution in [1.29, 1.82) is 0 Å². The maximum Gasteiger partial charge on any atom is 0.303 e. The number of primary amides is 2. The number of hydrogen-bond acceptors (Lipinski definition) is 24. The lowest BCUT2D eigenvalue weighted by molar-refractivity contribution is -0.145. The van der Waals surface area contributed by atoms with E-state index in [9.17, 15) is 73.2 Å². The molecule has 133 heavy (non-hydrogen) atoms. The number of para-hydroxylation sites is 2. The molecule has 0 aliphatic carbocycles. The number of nitrogens with one attached hydrogen (secondary N) is 14. The van der Waals surface area contributed by atoms with Crippen molar-refractivity contribution >= 4 is 140 Å². The van der Waals surface area contributed by atoms with Gasteiger partial charge in [0.25, 0.3) is 0 Å². The van der Waals surface area contributed by atoms with Gasteiger partial charge in [0.15, 0.2) is 0 Å². The number of rotatable bonds is 26. The van der Waals surface area contributed by atoms with Gasteiger partial charge in [0.2, 0.25) is 100 Å². The Labute approximate surface area is 769 Å². The summed E-state index contributed by atoms with van der Waals surface area (Å²) in [6, 6.07) is -3.31. The van der Waals surface area contributed by atoms with E-state index < -0.39 is 254 Å². The van der Waals surface area contributed by atoms with Crippen LogP contribution < -0.4 is 75.7 Å². The van der Waals surface area contributed by atoms with E-state index >= 15 is 33.6 Å². The molecule has 45 heteroatoms. The van der Waals surface area contributed by atoms with E-state index in [1.807, 2.05) is 0 Å². The number of carbonyl (C=O) groups is 18. The zero-order chi connectivity index (χ0) is 96.9. The first kappa shape index (κ1) is 103. The van der Waals surface area contributed by atoms with Gasteiger partial charge < -0.3 is 131 Å². The van der Waals surface area contributed by atoms with Crippen molar-refractivity contribution in [2.24, 2.45) is 17.2 Å². The van der Waals surface area contributed by atoms with Crippen LogP contribution in [0.15, 0.2) is 97.7 Å². The van der Waals surface area contributed by atoms with Gasteiger partial charge in [-0.2, -0.15) is 0 Å². The molecule has 3 aliphatic heterocycles. The average molecular weight is 1870 g/mol. The molecule has 0 bridgehead atoms. The smallest absolute Gasteiger partial charge is 0.303 e. The summed E-state index contributed by atoms with van der Waals surface area (Å²) in [6.07, 6.45) is 1.81. The summed E-state index contributed by atoms with van der Waals surface area (Å²) in [4.78, 5) is 278. The third kappa shape index (κ3) is 29.0. The summed E-state index contributed by atoms with van der Waals surface area (Å²) in [5.74, 6) is -19.8.